The van der Waals surface area contributed by atoms with Crippen molar-refractivity contribution in [3.63, 3.8) is 0 Å². The third-order valence-corrected chi connectivity index (χ3v) is 3.47. The summed E-state index contributed by atoms with van der Waals surface area (Å²) in [7, 11) is 0. The first-order valence-electron chi connectivity index (χ1n) is 6.38. The molecule has 88 valence electrons. The molecule has 0 aromatic carbocycles. The second kappa shape index (κ2) is 6.26. The first-order chi connectivity index (χ1) is 7.09. The Labute approximate surface area is 93.6 Å². The Morgan fingerprint density at radius 3 is 2.80 bits per heavy atom. The number of hydrogen-bond donors (Lipinski definition) is 1. The predicted octanol–water partition coefficient (Wildman–Crippen LogP) is 2.90. The van der Waals surface area contributed by atoms with E-state index in [0.717, 1.165) is 38.0 Å². The Hall–Kier alpha value is -0.370. The molecule has 1 aliphatic rings. The Balaban J connectivity index is 2.21. The van der Waals surface area contributed by atoms with Crippen LogP contribution in [0, 0.1) is 11.8 Å². The minimum atomic E-state index is 0.239. The van der Waals surface area contributed by atoms with Crippen LogP contribution in [0.25, 0.3) is 0 Å². The Morgan fingerprint density at radius 1 is 1.47 bits per heavy atom. The lowest BCUT2D eigenvalue weighted by molar-refractivity contribution is -0.124. The molecule has 1 fully saturated rings. The largest absolute Gasteiger partial charge is 0.328 e. The van der Waals surface area contributed by atoms with Gasteiger partial charge in [0, 0.05) is 18.4 Å². The third-order valence-electron chi connectivity index (χ3n) is 3.47. The van der Waals surface area contributed by atoms with Gasteiger partial charge in [-0.25, -0.2) is 0 Å². The zero-order valence-electron chi connectivity index (χ0n) is 10.2. The van der Waals surface area contributed by atoms with Gasteiger partial charge in [0.05, 0.1) is 0 Å². The van der Waals surface area contributed by atoms with E-state index in [9.17, 15) is 4.79 Å². The molecule has 3 unspecified atom stereocenters. The van der Waals surface area contributed by atoms with E-state index >= 15 is 0 Å². The SMILES string of the molecule is CC(N)CCCC(=O)C1CCCC(C)C1. The molecule has 0 spiro atoms. The van der Waals surface area contributed by atoms with Crippen molar-refractivity contribution in [2.24, 2.45) is 17.6 Å². The standard InChI is InChI=1S/C13H25NO/c1-10-5-3-7-12(9-10)13(15)8-4-6-11(2)14/h10-12H,3-9,14H2,1-2H3. The van der Waals surface area contributed by atoms with E-state index in [1.165, 1.54) is 12.8 Å². The van der Waals surface area contributed by atoms with Crippen LogP contribution in [0.1, 0.15) is 58.8 Å². The van der Waals surface area contributed by atoms with E-state index in [4.69, 9.17) is 5.73 Å². The molecule has 1 aliphatic carbocycles. The first-order valence-corrected chi connectivity index (χ1v) is 6.38. The van der Waals surface area contributed by atoms with Gasteiger partial charge in [-0.15, -0.1) is 0 Å². The van der Waals surface area contributed by atoms with Crippen molar-refractivity contribution in [3.05, 3.63) is 0 Å². The number of hydrogen-bond acceptors (Lipinski definition) is 2. The molecule has 15 heavy (non-hydrogen) atoms. The van der Waals surface area contributed by atoms with Gasteiger partial charge in [-0.05, 0) is 38.5 Å². The summed E-state index contributed by atoms with van der Waals surface area (Å²) in [6, 6.07) is 0.239. The molecule has 0 bridgehead atoms. The summed E-state index contributed by atoms with van der Waals surface area (Å²) >= 11 is 0. The van der Waals surface area contributed by atoms with Crippen LogP contribution in [0.3, 0.4) is 0 Å². The number of carbonyl (C=O) groups excluding carboxylic acids is 1. The average molecular weight is 211 g/mol. The van der Waals surface area contributed by atoms with Gasteiger partial charge in [0.25, 0.3) is 0 Å². The quantitative estimate of drug-likeness (QED) is 0.760. The summed E-state index contributed by atoms with van der Waals surface area (Å²) in [5.41, 5.74) is 5.67. The summed E-state index contributed by atoms with van der Waals surface area (Å²) < 4.78 is 0. The molecule has 2 nitrogen and oxygen atoms in total. The van der Waals surface area contributed by atoms with Crippen molar-refractivity contribution in [1.82, 2.24) is 0 Å². The molecule has 0 aromatic rings. The molecule has 2 heteroatoms. The van der Waals surface area contributed by atoms with Crippen LogP contribution in [0.4, 0.5) is 0 Å². The normalized spacial score (nSPS) is 28.7. The lowest BCUT2D eigenvalue weighted by atomic mass is 9.79. The van der Waals surface area contributed by atoms with Crippen LogP contribution in [0.5, 0.6) is 0 Å². The molecule has 0 aromatic heterocycles. The maximum absolute atomic E-state index is 11.9. The third kappa shape index (κ3) is 4.78. The van der Waals surface area contributed by atoms with Gasteiger partial charge in [0.2, 0.25) is 0 Å². The average Bonchev–Trinajstić information content (AvgIpc) is 2.17. The van der Waals surface area contributed by atoms with Crippen LogP contribution in [0.15, 0.2) is 0 Å². The highest BCUT2D eigenvalue weighted by atomic mass is 16.1. The van der Waals surface area contributed by atoms with Crippen molar-refractivity contribution >= 4 is 5.78 Å². The van der Waals surface area contributed by atoms with E-state index in [1.54, 1.807) is 0 Å². The van der Waals surface area contributed by atoms with Crippen LogP contribution in [-0.2, 0) is 4.79 Å². The van der Waals surface area contributed by atoms with Crippen molar-refractivity contribution in [3.8, 4) is 0 Å². The number of ketones is 1. The van der Waals surface area contributed by atoms with Crippen LogP contribution in [0.2, 0.25) is 0 Å². The van der Waals surface area contributed by atoms with Gasteiger partial charge < -0.3 is 5.73 Å². The second-order valence-electron chi connectivity index (χ2n) is 5.30. The molecule has 0 saturated heterocycles. The number of nitrogens with two attached hydrogens (primary N) is 1. The summed E-state index contributed by atoms with van der Waals surface area (Å²) in [6.45, 7) is 4.27. The summed E-state index contributed by atoms with van der Waals surface area (Å²) in [5, 5.41) is 0. The molecular weight excluding hydrogens is 186 g/mol. The van der Waals surface area contributed by atoms with Gasteiger partial charge in [-0.3, -0.25) is 4.79 Å². The molecule has 0 amide bonds. The summed E-state index contributed by atoms with van der Waals surface area (Å²) in [6.07, 6.45) is 7.50. The zero-order valence-corrected chi connectivity index (χ0v) is 10.2. The van der Waals surface area contributed by atoms with E-state index < -0.39 is 0 Å². The molecule has 2 N–H and O–H groups in total. The summed E-state index contributed by atoms with van der Waals surface area (Å²) in [5.74, 6) is 1.60. The Morgan fingerprint density at radius 2 is 2.20 bits per heavy atom. The highest BCUT2D eigenvalue weighted by Gasteiger charge is 2.24. The molecule has 1 saturated carbocycles. The maximum Gasteiger partial charge on any atom is 0.135 e. The molecule has 3 atom stereocenters. The fourth-order valence-corrected chi connectivity index (χ4v) is 2.53. The first kappa shape index (κ1) is 12.7. The highest BCUT2D eigenvalue weighted by molar-refractivity contribution is 5.81. The van der Waals surface area contributed by atoms with Crippen molar-refractivity contribution in [2.45, 2.75) is 64.8 Å². The molecule has 1 rings (SSSR count). The van der Waals surface area contributed by atoms with E-state index in [0.29, 0.717) is 11.7 Å². The topological polar surface area (TPSA) is 43.1 Å². The molecular formula is C13H25NO. The summed E-state index contributed by atoms with van der Waals surface area (Å²) in [4.78, 5) is 11.9. The molecule has 0 aliphatic heterocycles. The second-order valence-corrected chi connectivity index (χ2v) is 5.30. The van der Waals surface area contributed by atoms with E-state index in [-0.39, 0.29) is 6.04 Å². The monoisotopic (exact) mass is 211 g/mol. The zero-order chi connectivity index (χ0) is 11.3. The maximum atomic E-state index is 11.9. The smallest absolute Gasteiger partial charge is 0.135 e. The lowest BCUT2D eigenvalue weighted by Crippen LogP contribution is -2.22. The fraction of sp³-hybridized carbons (Fsp3) is 0.923. The Kier molecular flexibility index (Phi) is 5.30. The van der Waals surface area contributed by atoms with Gasteiger partial charge in [0.15, 0.2) is 0 Å². The molecule has 0 radical (unpaired) electrons. The minimum Gasteiger partial charge on any atom is -0.328 e. The van der Waals surface area contributed by atoms with E-state index in [2.05, 4.69) is 6.92 Å². The van der Waals surface area contributed by atoms with Crippen LogP contribution < -0.4 is 5.73 Å². The van der Waals surface area contributed by atoms with Crippen molar-refractivity contribution in [2.75, 3.05) is 0 Å². The van der Waals surface area contributed by atoms with Gasteiger partial charge in [0.1, 0.15) is 5.78 Å². The Bertz CT molecular complexity index is 201. The van der Waals surface area contributed by atoms with Gasteiger partial charge in [-0.1, -0.05) is 19.8 Å². The fourth-order valence-electron chi connectivity index (χ4n) is 2.53. The number of carbonyl (C=O) groups is 1. The number of Topliss-reactive ketones (excluding diaryl/α,β-unsaturated/α-hetero) is 1. The van der Waals surface area contributed by atoms with Crippen LogP contribution in [-0.4, -0.2) is 11.8 Å². The van der Waals surface area contributed by atoms with E-state index in [1.807, 2.05) is 6.92 Å². The molecule has 0 heterocycles. The van der Waals surface area contributed by atoms with Gasteiger partial charge in [-0.2, -0.15) is 0 Å². The highest BCUT2D eigenvalue weighted by Crippen LogP contribution is 2.30. The predicted molar refractivity (Wildman–Crippen MR) is 63.6 cm³/mol. The van der Waals surface area contributed by atoms with Crippen LogP contribution >= 0.6 is 0 Å². The van der Waals surface area contributed by atoms with Crippen molar-refractivity contribution in [1.29, 1.82) is 0 Å². The minimum absolute atomic E-state index is 0.239. The van der Waals surface area contributed by atoms with Crippen molar-refractivity contribution < 1.29 is 4.79 Å². The lowest BCUT2D eigenvalue weighted by Gasteiger charge is -2.25. The van der Waals surface area contributed by atoms with Gasteiger partial charge >= 0.3 is 0 Å². The number of rotatable bonds is 5.